The van der Waals surface area contributed by atoms with E-state index in [0.717, 1.165) is 5.92 Å². The third kappa shape index (κ3) is 7.04. The molecular weight excluding hydrogens is 231 g/mol. The van der Waals surface area contributed by atoms with E-state index < -0.39 is 0 Å². The fourth-order valence-corrected chi connectivity index (χ4v) is 1.40. The summed E-state index contributed by atoms with van der Waals surface area (Å²) in [6, 6.07) is 8.70. The molecule has 0 atom stereocenters. The molecule has 2 aromatic rings. The minimum Gasteiger partial charge on any atom is -0.262 e. The molecule has 0 bridgehead atoms. The fourth-order valence-electron chi connectivity index (χ4n) is 1.40. The zero-order valence-electron chi connectivity index (χ0n) is 11.5. The monoisotopic (exact) mass is 261 g/mol. The Bertz CT molecular complexity index is 430. The molecule has 1 aromatic heterocycles. The standard InChI is InChI=1S/C10H12N2.C4H10.2CH4.B/c1-8(2)12-10-6-4-3-5-9(10)7-11-12;1-4(2)3;;;/h3-8H,1-2H3;4H,1-3H3;2*1H4;. The predicted molar refractivity (Wildman–Crippen MR) is 89.8 cm³/mol. The molecule has 0 N–H and O–H groups in total. The molecule has 0 saturated heterocycles. The SMILES string of the molecule is C.C.CC(C)C.CC(C)n1ncc2ccccc21.[B]. The van der Waals surface area contributed by atoms with Crippen LogP contribution in [0, 0.1) is 5.92 Å². The Balaban J connectivity index is -0.000000329. The van der Waals surface area contributed by atoms with Gasteiger partial charge in [0, 0.05) is 19.8 Å². The highest BCUT2D eigenvalue weighted by atomic mass is 15.3. The van der Waals surface area contributed by atoms with Crippen molar-refractivity contribution in [2.24, 2.45) is 5.92 Å². The van der Waals surface area contributed by atoms with Crippen molar-refractivity contribution in [1.82, 2.24) is 9.78 Å². The van der Waals surface area contributed by atoms with Gasteiger partial charge in [0.15, 0.2) is 0 Å². The van der Waals surface area contributed by atoms with Crippen LogP contribution in [0.2, 0.25) is 0 Å². The summed E-state index contributed by atoms with van der Waals surface area (Å²) >= 11 is 0. The van der Waals surface area contributed by atoms with E-state index in [1.54, 1.807) is 0 Å². The highest BCUT2D eigenvalue weighted by molar-refractivity contribution is 5.78. The first kappa shape index (κ1) is 22.9. The number of para-hydroxylation sites is 1. The predicted octanol–water partition coefficient (Wildman–Crippen LogP) is 5.17. The summed E-state index contributed by atoms with van der Waals surface area (Å²) < 4.78 is 2.04. The lowest BCUT2D eigenvalue weighted by atomic mass is 10.2. The zero-order chi connectivity index (χ0) is 12.1. The number of fused-ring (bicyclic) bond motifs is 1. The lowest BCUT2D eigenvalue weighted by molar-refractivity contribution is 0.551. The van der Waals surface area contributed by atoms with E-state index in [9.17, 15) is 0 Å². The number of aromatic nitrogens is 2. The van der Waals surface area contributed by atoms with Crippen LogP contribution in [0.4, 0.5) is 0 Å². The van der Waals surface area contributed by atoms with Gasteiger partial charge >= 0.3 is 0 Å². The number of benzene rings is 1. The van der Waals surface area contributed by atoms with Crippen molar-refractivity contribution < 1.29 is 0 Å². The molecular formula is C16H30BN2. The van der Waals surface area contributed by atoms with Crippen LogP contribution >= 0.6 is 0 Å². The lowest BCUT2D eigenvalue weighted by Gasteiger charge is -2.05. The number of hydrogen-bond acceptors (Lipinski definition) is 1. The van der Waals surface area contributed by atoms with Crippen molar-refractivity contribution in [2.45, 2.75) is 55.5 Å². The summed E-state index contributed by atoms with van der Waals surface area (Å²) in [4.78, 5) is 0. The second-order valence-electron chi connectivity index (χ2n) is 4.97. The molecule has 19 heavy (non-hydrogen) atoms. The van der Waals surface area contributed by atoms with Crippen molar-refractivity contribution in [3.63, 3.8) is 0 Å². The molecule has 107 valence electrons. The van der Waals surface area contributed by atoms with Crippen molar-refractivity contribution in [3.05, 3.63) is 30.5 Å². The van der Waals surface area contributed by atoms with Gasteiger partial charge in [0.25, 0.3) is 0 Å². The van der Waals surface area contributed by atoms with E-state index in [2.05, 4.69) is 51.9 Å². The fraction of sp³-hybridized carbons (Fsp3) is 0.562. The van der Waals surface area contributed by atoms with E-state index in [0.29, 0.717) is 6.04 Å². The highest BCUT2D eigenvalue weighted by Crippen LogP contribution is 2.16. The normalized spacial score (nSPS) is 9.00. The van der Waals surface area contributed by atoms with Crippen LogP contribution in [0.5, 0.6) is 0 Å². The molecule has 3 radical (unpaired) electrons. The molecule has 0 amide bonds. The summed E-state index contributed by atoms with van der Waals surface area (Å²) in [6.07, 6.45) is 1.91. The van der Waals surface area contributed by atoms with Crippen LogP contribution in [0.1, 0.15) is 55.5 Å². The number of nitrogens with zero attached hydrogens (tertiary/aromatic N) is 2. The van der Waals surface area contributed by atoms with Gasteiger partial charge in [-0.05, 0) is 25.8 Å². The molecule has 0 aliphatic carbocycles. The molecule has 0 unspecified atom stereocenters. The van der Waals surface area contributed by atoms with E-state index in [4.69, 9.17) is 0 Å². The van der Waals surface area contributed by atoms with Crippen molar-refractivity contribution >= 4 is 19.3 Å². The van der Waals surface area contributed by atoms with Gasteiger partial charge < -0.3 is 0 Å². The molecule has 0 spiro atoms. The highest BCUT2D eigenvalue weighted by Gasteiger charge is 2.03. The van der Waals surface area contributed by atoms with Gasteiger partial charge in [-0.1, -0.05) is 53.8 Å². The first-order valence-corrected chi connectivity index (χ1v) is 5.94. The maximum Gasteiger partial charge on any atom is 0.0685 e. The minimum atomic E-state index is 0. The van der Waals surface area contributed by atoms with Crippen molar-refractivity contribution in [3.8, 4) is 0 Å². The maximum absolute atomic E-state index is 4.31. The maximum atomic E-state index is 4.31. The molecule has 0 aliphatic rings. The molecule has 1 heterocycles. The quantitative estimate of drug-likeness (QED) is 0.647. The average molecular weight is 261 g/mol. The van der Waals surface area contributed by atoms with E-state index in [1.807, 2.05) is 23.0 Å². The van der Waals surface area contributed by atoms with Crippen LogP contribution in [-0.4, -0.2) is 18.2 Å². The van der Waals surface area contributed by atoms with Gasteiger partial charge in [-0.15, -0.1) is 0 Å². The summed E-state index contributed by atoms with van der Waals surface area (Å²) in [5.41, 5.74) is 1.22. The van der Waals surface area contributed by atoms with Crippen LogP contribution in [0.15, 0.2) is 30.5 Å². The Hall–Kier alpha value is -1.25. The van der Waals surface area contributed by atoms with E-state index in [1.165, 1.54) is 10.9 Å². The third-order valence-electron chi connectivity index (χ3n) is 1.99. The second kappa shape index (κ2) is 10.7. The van der Waals surface area contributed by atoms with Gasteiger partial charge in [0.2, 0.25) is 0 Å². The first-order chi connectivity index (χ1) is 7.52. The van der Waals surface area contributed by atoms with Crippen molar-refractivity contribution in [1.29, 1.82) is 0 Å². The zero-order valence-corrected chi connectivity index (χ0v) is 11.5. The summed E-state index contributed by atoms with van der Waals surface area (Å²) in [6.45, 7) is 10.8. The van der Waals surface area contributed by atoms with E-state index in [-0.39, 0.29) is 23.3 Å². The van der Waals surface area contributed by atoms with Gasteiger partial charge in [-0.2, -0.15) is 5.10 Å². The van der Waals surface area contributed by atoms with Gasteiger partial charge in [0.05, 0.1) is 11.7 Å². The summed E-state index contributed by atoms with van der Waals surface area (Å²) in [5.74, 6) is 0.833. The van der Waals surface area contributed by atoms with Gasteiger partial charge in [0.1, 0.15) is 0 Å². The van der Waals surface area contributed by atoms with Crippen LogP contribution < -0.4 is 0 Å². The molecule has 0 saturated carbocycles. The largest absolute Gasteiger partial charge is 0.262 e. The van der Waals surface area contributed by atoms with E-state index >= 15 is 0 Å². The Morgan fingerprint density at radius 3 is 1.89 bits per heavy atom. The minimum absolute atomic E-state index is 0. The summed E-state index contributed by atoms with van der Waals surface area (Å²) in [7, 11) is 0. The van der Waals surface area contributed by atoms with Gasteiger partial charge in [-0.25, -0.2) is 0 Å². The van der Waals surface area contributed by atoms with Crippen LogP contribution in [-0.2, 0) is 0 Å². The first-order valence-electron chi connectivity index (χ1n) is 5.94. The van der Waals surface area contributed by atoms with Crippen LogP contribution in [0.25, 0.3) is 10.9 Å². The second-order valence-corrected chi connectivity index (χ2v) is 4.97. The molecule has 0 aliphatic heterocycles. The Morgan fingerprint density at radius 1 is 0.947 bits per heavy atom. The lowest BCUT2D eigenvalue weighted by Crippen LogP contribution is -2.01. The van der Waals surface area contributed by atoms with Crippen LogP contribution in [0.3, 0.4) is 0 Å². The van der Waals surface area contributed by atoms with Crippen molar-refractivity contribution in [2.75, 3.05) is 0 Å². The smallest absolute Gasteiger partial charge is 0.0685 e. The number of rotatable bonds is 1. The Labute approximate surface area is 121 Å². The Kier molecular flexibility index (Phi) is 12.8. The molecule has 0 fully saturated rings. The topological polar surface area (TPSA) is 17.8 Å². The number of hydrogen-bond donors (Lipinski definition) is 0. The van der Waals surface area contributed by atoms with Gasteiger partial charge in [-0.3, -0.25) is 4.68 Å². The third-order valence-corrected chi connectivity index (χ3v) is 1.99. The molecule has 1 aromatic carbocycles. The average Bonchev–Trinajstić information content (AvgIpc) is 2.59. The molecule has 3 heteroatoms. The molecule has 2 nitrogen and oxygen atoms in total. The molecule has 2 rings (SSSR count). The summed E-state index contributed by atoms with van der Waals surface area (Å²) in [5, 5.41) is 5.53. The Morgan fingerprint density at radius 2 is 1.42 bits per heavy atom.